The Hall–Kier alpha value is -3.18. The van der Waals surface area contributed by atoms with E-state index in [0.717, 1.165) is 57.9 Å². The second-order valence-electron chi connectivity index (χ2n) is 8.49. The lowest BCUT2D eigenvalue weighted by atomic mass is 9.84. The molecule has 1 N–H and O–H groups in total. The molecule has 5 aromatic rings. The Balaban J connectivity index is 0.00000274. The van der Waals surface area contributed by atoms with Crippen LogP contribution in [-0.4, -0.2) is 9.55 Å². The molecule has 0 saturated carbocycles. The zero-order chi connectivity index (χ0) is 23.0. The maximum absolute atomic E-state index is 13.2. The van der Waals surface area contributed by atoms with Gasteiger partial charge in [0.2, 0.25) is 0 Å². The Kier molecular flexibility index (Phi) is 6.76. The van der Waals surface area contributed by atoms with Gasteiger partial charge in [-0.1, -0.05) is 61.9 Å². The smallest absolute Gasteiger partial charge is 0.361 e. The van der Waals surface area contributed by atoms with Crippen LogP contribution >= 0.6 is 12.4 Å². The Morgan fingerprint density at radius 2 is 1.53 bits per heavy atom. The molecule has 0 fully saturated rings. The number of para-hydroxylation sites is 2. The Morgan fingerprint density at radius 1 is 0.853 bits per heavy atom. The number of halogens is 4. The van der Waals surface area contributed by atoms with Crippen LogP contribution in [0.5, 0.6) is 0 Å². The maximum atomic E-state index is 13.2. The fourth-order valence-electron chi connectivity index (χ4n) is 4.74. The minimum atomic E-state index is -4.36. The van der Waals surface area contributed by atoms with Crippen LogP contribution in [0, 0.1) is 0 Å². The summed E-state index contributed by atoms with van der Waals surface area (Å²) in [5, 5.41) is 2.21. The molecule has 0 bridgehead atoms. The standard InChI is InChI=1S/C28H25F3N2.ClH/c1-2-3-16-33-18-24(22-9-5-7-11-26(22)33)27(19-12-14-20(15-13-19)28(29,30)31)23-17-32-25-10-6-4-8-21(23)25;/h4-15,17-18,27,32H,2-3,16H2,1H3;1H. The molecule has 0 radical (unpaired) electrons. The zero-order valence-corrected chi connectivity index (χ0v) is 19.6. The first-order valence-corrected chi connectivity index (χ1v) is 11.3. The molecule has 176 valence electrons. The van der Waals surface area contributed by atoms with Gasteiger partial charge in [0.25, 0.3) is 0 Å². The van der Waals surface area contributed by atoms with Gasteiger partial charge in [0.05, 0.1) is 5.56 Å². The number of nitrogens with zero attached hydrogens (tertiary/aromatic N) is 1. The number of fused-ring (bicyclic) bond motifs is 2. The van der Waals surface area contributed by atoms with Crippen LogP contribution in [0.3, 0.4) is 0 Å². The normalized spacial score (nSPS) is 12.7. The van der Waals surface area contributed by atoms with Crippen LogP contribution < -0.4 is 0 Å². The molecule has 2 heterocycles. The van der Waals surface area contributed by atoms with Crippen molar-refractivity contribution >= 4 is 34.2 Å². The lowest BCUT2D eigenvalue weighted by Crippen LogP contribution is -2.07. The van der Waals surface area contributed by atoms with Gasteiger partial charge in [-0.05, 0) is 47.4 Å². The van der Waals surface area contributed by atoms with Gasteiger partial charge in [0.1, 0.15) is 0 Å². The SMILES string of the molecule is CCCCn1cc(C(c2ccc(C(F)(F)F)cc2)c2c[nH]c3ccccc23)c2ccccc21.Cl. The second-order valence-corrected chi connectivity index (χ2v) is 8.49. The van der Waals surface area contributed by atoms with Gasteiger partial charge in [-0.3, -0.25) is 0 Å². The monoisotopic (exact) mass is 482 g/mol. The van der Waals surface area contributed by atoms with Crippen LogP contribution in [0.25, 0.3) is 21.8 Å². The van der Waals surface area contributed by atoms with E-state index in [2.05, 4.69) is 40.9 Å². The minimum Gasteiger partial charge on any atom is -0.361 e. The van der Waals surface area contributed by atoms with Crippen molar-refractivity contribution in [3.8, 4) is 0 Å². The topological polar surface area (TPSA) is 20.7 Å². The highest BCUT2D eigenvalue weighted by Gasteiger charge is 2.31. The molecular weight excluding hydrogens is 457 g/mol. The summed E-state index contributed by atoms with van der Waals surface area (Å²) >= 11 is 0. The molecule has 6 heteroatoms. The van der Waals surface area contributed by atoms with Gasteiger partial charge in [-0.15, -0.1) is 12.4 Å². The van der Waals surface area contributed by atoms with E-state index in [1.54, 1.807) is 12.1 Å². The van der Waals surface area contributed by atoms with E-state index in [9.17, 15) is 13.2 Å². The summed E-state index contributed by atoms with van der Waals surface area (Å²) in [6.45, 7) is 3.08. The molecule has 0 aliphatic rings. The third-order valence-corrected chi connectivity index (χ3v) is 6.39. The predicted octanol–water partition coefficient (Wildman–Crippen LogP) is 8.54. The molecular formula is C28H26ClF3N2. The lowest BCUT2D eigenvalue weighted by Gasteiger charge is -2.18. The summed E-state index contributed by atoms with van der Waals surface area (Å²) in [4.78, 5) is 3.35. The average Bonchev–Trinajstić information content (AvgIpc) is 3.40. The largest absolute Gasteiger partial charge is 0.416 e. The molecule has 2 aromatic heterocycles. The number of nitrogens with one attached hydrogen (secondary N) is 1. The highest BCUT2D eigenvalue weighted by Crippen LogP contribution is 2.41. The molecule has 0 aliphatic carbocycles. The first kappa shape index (κ1) is 24.0. The fraction of sp³-hybridized carbons (Fsp3) is 0.214. The van der Waals surface area contributed by atoms with Crippen LogP contribution in [0.2, 0.25) is 0 Å². The minimum absolute atomic E-state index is 0. The van der Waals surface area contributed by atoms with Gasteiger partial charge >= 0.3 is 6.18 Å². The van der Waals surface area contributed by atoms with E-state index < -0.39 is 11.7 Å². The van der Waals surface area contributed by atoms with Crippen molar-refractivity contribution in [3.63, 3.8) is 0 Å². The third-order valence-electron chi connectivity index (χ3n) is 6.39. The Morgan fingerprint density at radius 3 is 2.24 bits per heavy atom. The number of aromatic nitrogens is 2. The van der Waals surface area contributed by atoms with Crippen LogP contribution in [-0.2, 0) is 12.7 Å². The molecule has 0 spiro atoms. The Labute approximate surface area is 202 Å². The molecule has 0 aliphatic heterocycles. The first-order valence-electron chi connectivity index (χ1n) is 11.3. The summed E-state index contributed by atoms with van der Waals surface area (Å²) in [6, 6.07) is 22.0. The van der Waals surface area contributed by atoms with E-state index in [1.165, 1.54) is 12.1 Å². The number of hydrogen-bond acceptors (Lipinski definition) is 0. The number of aryl methyl sites for hydroxylation is 1. The van der Waals surface area contributed by atoms with E-state index in [0.29, 0.717) is 0 Å². The van der Waals surface area contributed by atoms with Crippen molar-refractivity contribution in [1.82, 2.24) is 9.55 Å². The number of benzene rings is 3. The van der Waals surface area contributed by atoms with Crippen molar-refractivity contribution in [3.05, 3.63) is 107 Å². The second kappa shape index (κ2) is 9.59. The van der Waals surface area contributed by atoms with Crippen molar-refractivity contribution in [1.29, 1.82) is 0 Å². The predicted molar refractivity (Wildman–Crippen MR) is 135 cm³/mol. The van der Waals surface area contributed by atoms with Gasteiger partial charge < -0.3 is 9.55 Å². The zero-order valence-electron chi connectivity index (χ0n) is 18.8. The number of H-pyrrole nitrogens is 1. The molecule has 34 heavy (non-hydrogen) atoms. The summed E-state index contributed by atoms with van der Waals surface area (Å²) < 4.78 is 42.0. The summed E-state index contributed by atoms with van der Waals surface area (Å²) in [7, 11) is 0. The maximum Gasteiger partial charge on any atom is 0.416 e. The van der Waals surface area contributed by atoms with E-state index in [-0.39, 0.29) is 18.3 Å². The van der Waals surface area contributed by atoms with Gasteiger partial charge in [-0.2, -0.15) is 13.2 Å². The molecule has 0 amide bonds. The van der Waals surface area contributed by atoms with Crippen LogP contribution in [0.4, 0.5) is 13.2 Å². The van der Waals surface area contributed by atoms with E-state index in [4.69, 9.17) is 0 Å². The molecule has 1 atom stereocenters. The van der Waals surface area contributed by atoms with E-state index in [1.807, 2.05) is 36.5 Å². The van der Waals surface area contributed by atoms with Gasteiger partial charge in [-0.25, -0.2) is 0 Å². The van der Waals surface area contributed by atoms with Crippen molar-refractivity contribution < 1.29 is 13.2 Å². The summed E-state index contributed by atoms with van der Waals surface area (Å²) in [6.07, 6.45) is 1.98. The van der Waals surface area contributed by atoms with Crippen molar-refractivity contribution in [2.75, 3.05) is 0 Å². The molecule has 0 saturated heterocycles. The van der Waals surface area contributed by atoms with Crippen molar-refractivity contribution in [2.24, 2.45) is 0 Å². The number of alkyl halides is 3. The van der Waals surface area contributed by atoms with Gasteiger partial charge in [0.15, 0.2) is 0 Å². The lowest BCUT2D eigenvalue weighted by molar-refractivity contribution is -0.137. The highest BCUT2D eigenvalue weighted by molar-refractivity contribution is 5.89. The van der Waals surface area contributed by atoms with Gasteiger partial charge in [0, 0.05) is 46.7 Å². The number of aromatic amines is 1. The molecule has 2 nitrogen and oxygen atoms in total. The van der Waals surface area contributed by atoms with Crippen LogP contribution in [0.1, 0.15) is 47.9 Å². The highest BCUT2D eigenvalue weighted by atomic mass is 35.5. The first-order chi connectivity index (χ1) is 16.0. The number of rotatable bonds is 6. The quantitative estimate of drug-likeness (QED) is 0.250. The average molecular weight is 483 g/mol. The number of unbranched alkanes of at least 4 members (excludes halogenated alkanes) is 1. The fourth-order valence-corrected chi connectivity index (χ4v) is 4.74. The Bertz CT molecular complexity index is 1400. The molecule has 5 rings (SSSR count). The summed E-state index contributed by atoms with van der Waals surface area (Å²) in [5.74, 6) is -0.198. The third kappa shape index (κ3) is 4.32. The summed E-state index contributed by atoms with van der Waals surface area (Å²) in [5.41, 5.74) is 4.53. The molecule has 1 unspecified atom stereocenters. The molecule has 3 aromatic carbocycles. The van der Waals surface area contributed by atoms with E-state index >= 15 is 0 Å². The van der Waals surface area contributed by atoms with Crippen molar-refractivity contribution in [2.45, 2.75) is 38.4 Å². The van der Waals surface area contributed by atoms with Crippen LogP contribution in [0.15, 0.2) is 85.2 Å². The number of hydrogen-bond donors (Lipinski definition) is 1.